The number of benzene rings is 9. The molecule has 0 saturated carbocycles. The van der Waals surface area contributed by atoms with Crippen molar-refractivity contribution >= 4 is 64.1 Å². The minimum atomic E-state index is -0.483. The predicted octanol–water partition coefficient (Wildman–Crippen LogP) is 14.8. The van der Waals surface area contributed by atoms with Crippen LogP contribution in [0.2, 0.25) is 0 Å². The molecule has 0 aliphatic heterocycles. The molecule has 0 atom stereocenters. The summed E-state index contributed by atoms with van der Waals surface area (Å²) in [5.41, 5.74) is 8.66. The molecule has 0 amide bonds. The Morgan fingerprint density at radius 3 is 1.78 bits per heavy atom. The van der Waals surface area contributed by atoms with Crippen LogP contribution in [-0.4, -0.2) is 19.5 Å². The average molecular weight is 788 g/mol. The SMILES string of the molecule is [2H]c1c([2H])c([2H])c(-c2nc(-c3ccc(-c4cccc5ccccc45)cc3)nc(-c3cc(-n4c5ccccc5c5ccccc54)cc4c3sc3cc(-c5ccccc5)ccc34)n2)c([2H])c1[2H]. The van der Waals surface area contributed by atoms with Crippen molar-refractivity contribution in [3.05, 3.63) is 206 Å². The van der Waals surface area contributed by atoms with Crippen LogP contribution < -0.4 is 0 Å². The fraction of sp³-hybridized carbons (Fsp3) is 0. The Morgan fingerprint density at radius 1 is 0.400 bits per heavy atom. The van der Waals surface area contributed by atoms with Gasteiger partial charge in [-0.1, -0.05) is 176 Å². The number of nitrogens with zero attached hydrogens (tertiary/aromatic N) is 4. The van der Waals surface area contributed by atoms with Crippen LogP contribution in [0, 0.1) is 0 Å². The second kappa shape index (κ2) is 14.0. The van der Waals surface area contributed by atoms with Gasteiger partial charge in [0.15, 0.2) is 17.5 Å². The number of rotatable bonds is 6. The van der Waals surface area contributed by atoms with E-state index in [2.05, 4.69) is 126 Å². The smallest absolute Gasteiger partial charge is 0.165 e. The van der Waals surface area contributed by atoms with Crippen molar-refractivity contribution in [2.75, 3.05) is 0 Å². The first-order valence-corrected chi connectivity index (χ1v) is 20.6. The largest absolute Gasteiger partial charge is 0.309 e. The van der Waals surface area contributed by atoms with E-state index in [-0.39, 0.29) is 23.5 Å². The maximum Gasteiger partial charge on any atom is 0.165 e. The number of hydrogen-bond donors (Lipinski definition) is 0. The fourth-order valence-electron chi connectivity index (χ4n) is 8.54. The Morgan fingerprint density at radius 2 is 1.02 bits per heavy atom. The van der Waals surface area contributed by atoms with Gasteiger partial charge in [-0.2, -0.15) is 0 Å². The van der Waals surface area contributed by atoms with E-state index in [0.29, 0.717) is 17.2 Å². The van der Waals surface area contributed by atoms with Crippen molar-refractivity contribution in [2.45, 2.75) is 0 Å². The molecule has 3 aromatic heterocycles. The molecule has 3 heterocycles. The Hall–Kier alpha value is -7.73. The minimum absolute atomic E-state index is 0.0111. The van der Waals surface area contributed by atoms with Gasteiger partial charge in [-0.25, -0.2) is 15.0 Å². The van der Waals surface area contributed by atoms with Gasteiger partial charge in [-0.15, -0.1) is 11.3 Å². The van der Waals surface area contributed by atoms with Crippen molar-refractivity contribution in [3.63, 3.8) is 0 Å². The molecular formula is C55H34N4S. The molecule has 280 valence electrons. The maximum absolute atomic E-state index is 9.02. The van der Waals surface area contributed by atoms with E-state index >= 15 is 0 Å². The molecule has 9 aromatic carbocycles. The molecular weight excluding hydrogens is 749 g/mol. The number of para-hydroxylation sites is 2. The fourth-order valence-corrected chi connectivity index (χ4v) is 9.78. The summed E-state index contributed by atoms with van der Waals surface area (Å²) in [6.07, 6.45) is 0. The standard InChI is InChI=1S/C55H34N4S/c1-3-14-35(15-4-1)40-30-31-46-47-33-41(59-49-24-11-9-21-44(49)45-22-10-12-25-50(45)59)34-48(52(47)60-51(46)32-40)55-57-53(38-17-5-2-6-18-38)56-54(58-55)39-28-26-37(27-29-39)43-23-13-19-36-16-7-8-20-42(36)43/h1-34H/i2D,5D,6D,17D,18D. The van der Waals surface area contributed by atoms with E-state index in [9.17, 15) is 0 Å². The van der Waals surface area contributed by atoms with Gasteiger partial charge in [0.05, 0.1) is 17.9 Å². The van der Waals surface area contributed by atoms with E-state index in [1.165, 1.54) is 0 Å². The first kappa shape index (κ1) is 29.5. The summed E-state index contributed by atoms with van der Waals surface area (Å²) in [6.45, 7) is 0. The molecule has 0 N–H and O–H groups in total. The van der Waals surface area contributed by atoms with E-state index in [1.807, 2.05) is 54.6 Å². The van der Waals surface area contributed by atoms with Crippen molar-refractivity contribution in [3.8, 4) is 62.1 Å². The molecule has 12 rings (SSSR count). The summed E-state index contributed by atoms with van der Waals surface area (Å²) < 4.78 is 47.9. The molecule has 0 spiro atoms. The molecule has 0 saturated heterocycles. The Labute approximate surface area is 357 Å². The zero-order valence-corrected chi connectivity index (χ0v) is 32.8. The molecule has 0 fully saturated rings. The third kappa shape index (κ3) is 5.70. The van der Waals surface area contributed by atoms with Crippen LogP contribution in [0.25, 0.3) is 115 Å². The van der Waals surface area contributed by atoms with Gasteiger partial charge in [-0.3, -0.25) is 0 Å². The predicted molar refractivity (Wildman–Crippen MR) is 252 cm³/mol. The van der Waals surface area contributed by atoms with Gasteiger partial charge in [0, 0.05) is 53.3 Å². The Bertz CT molecular complexity index is 3810. The van der Waals surface area contributed by atoms with Gasteiger partial charge in [0.2, 0.25) is 0 Å². The van der Waals surface area contributed by atoms with Crippen molar-refractivity contribution in [2.24, 2.45) is 0 Å². The molecule has 5 heteroatoms. The summed E-state index contributed by atoms with van der Waals surface area (Å²) >= 11 is 1.65. The number of aromatic nitrogens is 4. The Balaban J connectivity index is 1.14. The third-order valence-electron chi connectivity index (χ3n) is 11.3. The van der Waals surface area contributed by atoms with Crippen LogP contribution in [-0.2, 0) is 0 Å². The molecule has 0 unspecified atom stereocenters. The van der Waals surface area contributed by atoms with E-state index in [0.717, 1.165) is 86.3 Å². The van der Waals surface area contributed by atoms with E-state index < -0.39 is 18.1 Å². The monoisotopic (exact) mass is 787 g/mol. The van der Waals surface area contributed by atoms with Crippen LogP contribution in [0.5, 0.6) is 0 Å². The van der Waals surface area contributed by atoms with Crippen molar-refractivity contribution < 1.29 is 6.85 Å². The van der Waals surface area contributed by atoms with Crippen molar-refractivity contribution in [1.82, 2.24) is 19.5 Å². The lowest BCUT2D eigenvalue weighted by molar-refractivity contribution is 1.07. The lowest BCUT2D eigenvalue weighted by Gasteiger charge is -2.13. The van der Waals surface area contributed by atoms with Crippen LogP contribution in [0.3, 0.4) is 0 Å². The van der Waals surface area contributed by atoms with Gasteiger partial charge in [0.25, 0.3) is 0 Å². The number of hydrogen-bond acceptors (Lipinski definition) is 4. The lowest BCUT2D eigenvalue weighted by Crippen LogP contribution is -2.01. The molecule has 4 nitrogen and oxygen atoms in total. The minimum Gasteiger partial charge on any atom is -0.309 e. The first-order valence-electron chi connectivity index (χ1n) is 22.3. The maximum atomic E-state index is 9.02. The summed E-state index contributed by atoms with van der Waals surface area (Å²) in [4.78, 5) is 15.2. The molecule has 0 radical (unpaired) electrons. The van der Waals surface area contributed by atoms with E-state index in [1.54, 1.807) is 11.3 Å². The highest BCUT2D eigenvalue weighted by Crippen LogP contribution is 2.44. The zero-order chi connectivity index (χ0) is 43.9. The number of thiophene rings is 1. The van der Waals surface area contributed by atoms with Gasteiger partial charge < -0.3 is 4.57 Å². The van der Waals surface area contributed by atoms with Crippen LogP contribution in [0.1, 0.15) is 6.85 Å². The highest BCUT2D eigenvalue weighted by molar-refractivity contribution is 7.26. The summed E-state index contributed by atoms with van der Waals surface area (Å²) in [7, 11) is 0. The van der Waals surface area contributed by atoms with Crippen LogP contribution in [0.15, 0.2) is 206 Å². The van der Waals surface area contributed by atoms with Crippen molar-refractivity contribution in [1.29, 1.82) is 0 Å². The molecule has 0 aliphatic rings. The molecule has 12 aromatic rings. The second-order valence-corrected chi connectivity index (χ2v) is 15.9. The van der Waals surface area contributed by atoms with Crippen LogP contribution in [0.4, 0.5) is 0 Å². The normalized spacial score (nSPS) is 12.8. The van der Waals surface area contributed by atoms with Gasteiger partial charge in [-0.05, 0) is 63.4 Å². The number of fused-ring (bicyclic) bond motifs is 7. The first-order chi connectivity index (χ1) is 31.8. The van der Waals surface area contributed by atoms with E-state index in [4.69, 9.17) is 21.8 Å². The summed E-state index contributed by atoms with van der Waals surface area (Å²) in [5, 5.41) is 6.64. The average Bonchev–Trinajstić information content (AvgIpc) is 3.90. The quantitative estimate of drug-likeness (QED) is 0.169. The molecule has 0 aliphatic carbocycles. The second-order valence-electron chi connectivity index (χ2n) is 14.8. The topological polar surface area (TPSA) is 43.6 Å². The highest BCUT2D eigenvalue weighted by atomic mass is 32.1. The Kier molecular flexibility index (Phi) is 6.87. The van der Waals surface area contributed by atoms with Gasteiger partial charge in [0.1, 0.15) is 0 Å². The lowest BCUT2D eigenvalue weighted by atomic mass is 9.97. The highest BCUT2D eigenvalue weighted by Gasteiger charge is 2.21. The third-order valence-corrected chi connectivity index (χ3v) is 12.5. The zero-order valence-electron chi connectivity index (χ0n) is 36.9. The van der Waals surface area contributed by atoms with Gasteiger partial charge >= 0.3 is 0 Å². The van der Waals surface area contributed by atoms with Crippen LogP contribution >= 0.6 is 11.3 Å². The summed E-state index contributed by atoms with van der Waals surface area (Å²) in [6, 6.07) is 58.5. The molecule has 60 heavy (non-hydrogen) atoms. The summed E-state index contributed by atoms with van der Waals surface area (Å²) in [5.74, 6) is 0.615. The molecule has 0 bridgehead atoms.